The minimum absolute atomic E-state index is 0. The molecule has 0 saturated heterocycles. The van der Waals surface area contributed by atoms with Crippen molar-refractivity contribution < 1.29 is 64.0 Å². The van der Waals surface area contributed by atoms with Crippen LogP contribution in [0.5, 0.6) is 11.5 Å². The number of fused-ring (bicyclic) bond motifs is 1. The van der Waals surface area contributed by atoms with E-state index >= 15 is 0 Å². The molecule has 0 spiro atoms. The molecule has 0 aliphatic carbocycles. The van der Waals surface area contributed by atoms with Crippen LogP contribution in [-0.2, 0) is 44.9 Å². The van der Waals surface area contributed by atoms with Gasteiger partial charge in [0.1, 0.15) is 18.1 Å². The van der Waals surface area contributed by atoms with Crippen molar-refractivity contribution in [1.82, 2.24) is 19.9 Å². The Labute approximate surface area is 376 Å². The first-order chi connectivity index (χ1) is 28.5. The number of ether oxygens (including phenoxy) is 3. The predicted molar refractivity (Wildman–Crippen MR) is 226 cm³/mol. The second-order valence-corrected chi connectivity index (χ2v) is 11.7. The van der Waals surface area contributed by atoms with Crippen LogP contribution in [0, 0.1) is 12.1 Å². The Balaban J connectivity index is 0.000000216. The third-order valence-corrected chi connectivity index (χ3v) is 7.75. The van der Waals surface area contributed by atoms with Crippen molar-refractivity contribution in [3.05, 3.63) is 232 Å². The summed E-state index contributed by atoms with van der Waals surface area (Å²) in [5.74, 6) is 0.317. The van der Waals surface area contributed by atoms with Crippen molar-refractivity contribution >= 4 is 22.5 Å². The predicted octanol–water partition coefficient (Wildman–Crippen LogP) is 10.2. The smallest absolute Gasteiger partial charge is 0.316 e. The van der Waals surface area contributed by atoms with Gasteiger partial charge in [0.25, 0.3) is 0 Å². The Kier molecular flexibility index (Phi) is 20.9. The van der Waals surface area contributed by atoms with Gasteiger partial charge in [0.15, 0.2) is 5.78 Å². The maximum absolute atomic E-state index is 12.2. The van der Waals surface area contributed by atoms with Crippen molar-refractivity contribution in [3.63, 3.8) is 0 Å². The van der Waals surface area contributed by atoms with Gasteiger partial charge in [-0.25, -0.2) is 4.79 Å². The molecule has 0 N–H and O–H groups in total. The Hall–Kier alpha value is -6.74. The molecule has 4 heterocycles. The van der Waals surface area contributed by atoms with Crippen molar-refractivity contribution in [1.29, 1.82) is 0 Å². The largest absolute Gasteiger partial charge is 0.661 e. The van der Waals surface area contributed by atoms with E-state index in [4.69, 9.17) is 14.2 Å². The Morgan fingerprint density at radius 1 is 0.633 bits per heavy atom. The topological polar surface area (TPSA) is 116 Å². The summed E-state index contributed by atoms with van der Waals surface area (Å²) < 4.78 is 15.1. The monoisotopic (exact) mass is 1150 g/mol. The molecule has 4 aromatic heterocycles. The Morgan fingerprint density at radius 3 is 1.82 bits per heavy atom. The number of nitrogens with zero attached hydrogens (tertiary/aromatic N) is 4. The maximum atomic E-state index is 12.2. The molecule has 0 bridgehead atoms. The van der Waals surface area contributed by atoms with Gasteiger partial charge in [0.2, 0.25) is 0 Å². The number of benzene rings is 4. The molecule has 8 rings (SSSR count). The maximum Gasteiger partial charge on any atom is 0.316 e. The second kappa shape index (κ2) is 26.3. The van der Waals surface area contributed by atoms with E-state index in [0.717, 1.165) is 22.5 Å². The fourth-order valence-corrected chi connectivity index (χ4v) is 5.19. The van der Waals surface area contributed by atoms with Crippen LogP contribution in [0.25, 0.3) is 33.3 Å². The van der Waals surface area contributed by atoms with Crippen molar-refractivity contribution in [2.24, 2.45) is 0 Å². The van der Waals surface area contributed by atoms with E-state index in [1.54, 1.807) is 61.1 Å². The van der Waals surface area contributed by atoms with E-state index in [0.29, 0.717) is 28.5 Å². The van der Waals surface area contributed by atoms with Gasteiger partial charge in [-0.3, -0.25) is 4.79 Å². The van der Waals surface area contributed by atoms with Crippen molar-refractivity contribution in [3.8, 4) is 34.0 Å². The van der Waals surface area contributed by atoms with Gasteiger partial charge in [-0.2, -0.15) is 12.4 Å². The summed E-state index contributed by atoms with van der Waals surface area (Å²) in [6.07, 6.45) is 10.8. The van der Waals surface area contributed by atoms with Crippen LogP contribution in [0.1, 0.15) is 26.5 Å². The van der Waals surface area contributed by atoms with Crippen LogP contribution in [0.4, 0.5) is 0 Å². The van der Waals surface area contributed by atoms with Gasteiger partial charge in [0.05, 0.1) is 12.5 Å². The van der Waals surface area contributed by atoms with Gasteiger partial charge in [-0.15, -0.1) is 71.8 Å². The third-order valence-electron chi connectivity index (χ3n) is 7.75. The zero-order chi connectivity index (χ0) is 40.8. The number of pyridine rings is 2. The van der Waals surface area contributed by atoms with Crippen LogP contribution >= 0.6 is 0 Å². The molecule has 0 aliphatic heterocycles. The minimum atomic E-state index is -0.407. The van der Waals surface area contributed by atoms with Crippen LogP contribution in [-0.4, -0.2) is 28.3 Å². The van der Waals surface area contributed by atoms with E-state index < -0.39 is 5.97 Å². The number of carbonyl (C=O) groups excluding carboxylic acids is 2. The van der Waals surface area contributed by atoms with Crippen molar-refractivity contribution in [2.75, 3.05) is 6.61 Å². The zero-order valence-corrected chi connectivity index (χ0v) is 36.9. The molecule has 306 valence electrons. The van der Waals surface area contributed by atoms with E-state index in [1.807, 2.05) is 91.1 Å². The first kappa shape index (κ1) is 47.6. The summed E-state index contributed by atoms with van der Waals surface area (Å²) in [6, 6.07) is 49.8. The summed E-state index contributed by atoms with van der Waals surface area (Å²) in [4.78, 5) is 39.5. The summed E-state index contributed by atoms with van der Waals surface area (Å²) >= 11 is 0. The number of hydrogen-bond donors (Lipinski definition) is 0. The first-order valence-electron chi connectivity index (χ1n) is 17.9. The molecule has 11 heteroatoms. The average Bonchev–Trinajstić information content (AvgIpc) is 4.04. The first-order valence-corrected chi connectivity index (χ1v) is 17.9. The van der Waals surface area contributed by atoms with Crippen molar-refractivity contribution in [2.45, 2.75) is 0 Å². The molecule has 8 aromatic rings. The number of esters is 1. The SMILES string of the molecule is C=CCOC(=O)c1ccc[n-]1.C=COc1cc(OC=C)cc(C(=O)c2ccc[n-]2)c1.[Ir].[Ir].[c-]1ccccc1-c1ccccn1.[c-]1ccccc1-c1nccc2ccccc12. The molecule has 0 fully saturated rings. The number of ketones is 1. The fourth-order valence-electron chi connectivity index (χ4n) is 5.19. The Morgan fingerprint density at radius 2 is 1.25 bits per heavy atom. The molecular weight excluding hydrogens is 1110 g/mol. The molecule has 0 amide bonds. The van der Waals surface area contributed by atoms with E-state index in [1.165, 1.54) is 29.4 Å². The molecule has 0 saturated carbocycles. The van der Waals surface area contributed by atoms with Gasteiger partial charge in [-0.1, -0.05) is 92.2 Å². The quantitative estimate of drug-likeness (QED) is 0.0411. The molecular formula is C49H38Ir2N4O5-4. The summed E-state index contributed by atoms with van der Waals surface area (Å²) in [7, 11) is 0. The van der Waals surface area contributed by atoms with Crippen LogP contribution < -0.4 is 19.4 Å². The van der Waals surface area contributed by atoms with Crippen LogP contribution in [0.2, 0.25) is 0 Å². The molecule has 0 unspecified atom stereocenters. The van der Waals surface area contributed by atoms with E-state index in [-0.39, 0.29) is 52.6 Å². The molecule has 9 nitrogen and oxygen atoms in total. The summed E-state index contributed by atoms with van der Waals surface area (Å²) in [6.45, 7) is 10.6. The van der Waals surface area contributed by atoms with E-state index in [2.05, 4.69) is 63.9 Å². The average molecular weight is 1150 g/mol. The molecule has 60 heavy (non-hydrogen) atoms. The summed E-state index contributed by atoms with van der Waals surface area (Å²) in [5, 5.41) is 2.39. The van der Waals surface area contributed by atoms with Gasteiger partial charge < -0.3 is 34.1 Å². The number of aromatic nitrogens is 4. The molecule has 0 aliphatic rings. The second-order valence-electron chi connectivity index (χ2n) is 11.7. The third kappa shape index (κ3) is 14.6. The normalized spacial score (nSPS) is 9.47. The van der Waals surface area contributed by atoms with Gasteiger partial charge in [0, 0.05) is 64.2 Å². The van der Waals surface area contributed by atoms with Gasteiger partial charge >= 0.3 is 5.97 Å². The Bertz CT molecular complexity index is 2430. The number of hydrogen-bond acceptors (Lipinski definition) is 7. The van der Waals surface area contributed by atoms with Gasteiger partial charge in [-0.05, 0) is 52.1 Å². The van der Waals surface area contributed by atoms with Crippen LogP contribution in [0.15, 0.2) is 203 Å². The molecule has 0 atom stereocenters. The molecule has 4 aromatic carbocycles. The molecule has 2 radical (unpaired) electrons. The summed E-state index contributed by atoms with van der Waals surface area (Å²) in [5.41, 5.74) is 5.19. The minimum Gasteiger partial charge on any atom is -0.661 e. The standard InChI is InChI=1S/C15H13NO3.C15H10N.C11H8N.C8H9NO2.2Ir/c1-3-18-12-8-11(9-13(10-12)19-4-2)15(17)14-6-5-7-16-14;1-2-7-13(8-3-1)15-14-9-5-4-6-12(14)10-11-16-15;1-2-6-10(7-3-1)11-8-4-5-9-12-11;1-2-6-11-8(10)7-4-3-5-9-7;;/h3-10H,1-2H2,(H,16,17);1-7,9-11H;1-6,8-9H;2-5H,1,6H2,(H,9,10);;/q;2*-1;;;/p-2. The van der Waals surface area contributed by atoms with E-state index in [9.17, 15) is 9.59 Å². The number of rotatable bonds is 11. The number of carbonyl (C=O) groups is 2. The zero-order valence-electron chi connectivity index (χ0n) is 32.1. The fraction of sp³-hybridized carbons (Fsp3) is 0.0204. The van der Waals surface area contributed by atoms with Crippen LogP contribution in [0.3, 0.4) is 0 Å².